The molecule has 0 spiro atoms. The lowest BCUT2D eigenvalue weighted by molar-refractivity contribution is -0.117. The van der Waals surface area contributed by atoms with Gasteiger partial charge in [0.15, 0.2) is 0 Å². The Morgan fingerprint density at radius 2 is 1.91 bits per heavy atom. The molecule has 23 heavy (non-hydrogen) atoms. The molecular formula is C19H22N2OS. The van der Waals surface area contributed by atoms with Gasteiger partial charge in [0, 0.05) is 16.2 Å². The Bertz CT molecular complexity index is 817. The van der Waals surface area contributed by atoms with Gasteiger partial charge in [-0.05, 0) is 51.3 Å². The third-order valence-electron chi connectivity index (χ3n) is 4.55. The van der Waals surface area contributed by atoms with Gasteiger partial charge in [0.25, 0.3) is 0 Å². The average Bonchev–Trinajstić information content (AvgIpc) is 2.73. The van der Waals surface area contributed by atoms with Gasteiger partial charge < -0.3 is 0 Å². The molecule has 0 unspecified atom stereocenters. The van der Waals surface area contributed by atoms with Crippen molar-refractivity contribution in [3.05, 3.63) is 50.9 Å². The predicted octanol–water partition coefficient (Wildman–Crippen LogP) is 4.34. The fourth-order valence-electron chi connectivity index (χ4n) is 3.04. The van der Waals surface area contributed by atoms with Crippen molar-refractivity contribution in [3.63, 3.8) is 0 Å². The summed E-state index contributed by atoms with van der Waals surface area (Å²) in [5, 5.41) is 1.05. The first-order valence-electron chi connectivity index (χ1n) is 7.86. The molecule has 3 rings (SSSR count). The van der Waals surface area contributed by atoms with Crippen molar-refractivity contribution in [2.45, 2.75) is 41.2 Å². The van der Waals surface area contributed by atoms with Crippen molar-refractivity contribution in [1.82, 2.24) is 0 Å². The lowest BCUT2D eigenvalue weighted by Crippen LogP contribution is -2.31. The predicted molar refractivity (Wildman–Crippen MR) is 98.0 cm³/mol. The number of amides is 1. The third-order valence-corrected chi connectivity index (χ3v) is 5.78. The normalized spacial score (nSPS) is 14.6. The molecule has 1 aromatic carbocycles. The van der Waals surface area contributed by atoms with Crippen LogP contribution in [0.3, 0.4) is 0 Å². The van der Waals surface area contributed by atoms with Crippen molar-refractivity contribution in [2.24, 2.45) is 4.99 Å². The summed E-state index contributed by atoms with van der Waals surface area (Å²) in [4.78, 5) is 20.3. The lowest BCUT2D eigenvalue weighted by atomic mass is 10.0. The number of aliphatic imine (C=N–C) groups is 1. The van der Waals surface area contributed by atoms with Crippen molar-refractivity contribution in [1.29, 1.82) is 0 Å². The van der Waals surface area contributed by atoms with Crippen LogP contribution in [0.15, 0.2) is 23.2 Å². The van der Waals surface area contributed by atoms with Gasteiger partial charge in [-0.1, -0.05) is 23.8 Å². The van der Waals surface area contributed by atoms with Gasteiger partial charge in [0.05, 0.1) is 6.54 Å². The molecule has 120 valence electrons. The van der Waals surface area contributed by atoms with E-state index in [1.54, 1.807) is 11.3 Å². The monoisotopic (exact) mass is 326 g/mol. The number of benzene rings is 1. The summed E-state index contributed by atoms with van der Waals surface area (Å²) in [5.41, 5.74) is 7.02. The summed E-state index contributed by atoms with van der Waals surface area (Å²) in [7, 11) is 0. The first-order valence-corrected chi connectivity index (χ1v) is 8.68. The van der Waals surface area contributed by atoms with Crippen LogP contribution in [0.5, 0.6) is 0 Å². The minimum absolute atomic E-state index is 0.0734. The number of nitrogens with zero attached hydrogens (tertiary/aromatic N) is 2. The molecule has 2 heterocycles. The number of hydrogen-bond donors (Lipinski definition) is 0. The molecule has 2 aromatic rings. The maximum atomic E-state index is 12.7. The Labute approximate surface area is 141 Å². The van der Waals surface area contributed by atoms with E-state index >= 15 is 0 Å². The standard InChI is InChI=1S/C19H22N2OS/c1-11-6-7-16(12(2)8-11)10-21-17(22)9-20-14(4)18-13(3)15(5)23-19(18)21/h6-8H,9-10H2,1-5H3. The number of carbonyl (C=O) groups excluding carboxylic acids is 1. The Hall–Kier alpha value is -1.94. The van der Waals surface area contributed by atoms with Crippen LogP contribution < -0.4 is 4.90 Å². The van der Waals surface area contributed by atoms with E-state index in [9.17, 15) is 4.79 Å². The number of fused-ring (bicyclic) bond motifs is 1. The smallest absolute Gasteiger partial charge is 0.249 e. The number of rotatable bonds is 2. The molecule has 1 aliphatic heterocycles. The maximum absolute atomic E-state index is 12.7. The van der Waals surface area contributed by atoms with Crippen molar-refractivity contribution >= 4 is 28.0 Å². The Morgan fingerprint density at radius 3 is 2.61 bits per heavy atom. The maximum Gasteiger partial charge on any atom is 0.249 e. The Kier molecular flexibility index (Phi) is 4.11. The number of thiophene rings is 1. The number of aryl methyl sites for hydroxylation is 3. The highest BCUT2D eigenvalue weighted by atomic mass is 32.1. The second kappa shape index (κ2) is 5.93. The first kappa shape index (κ1) is 15.9. The van der Waals surface area contributed by atoms with Gasteiger partial charge in [-0.3, -0.25) is 14.7 Å². The van der Waals surface area contributed by atoms with Crippen LogP contribution in [0, 0.1) is 27.7 Å². The fourth-order valence-corrected chi connectivity index (χ4v) is 4.27. The molecule has 0 saturated heterocycles. The van der Waals surface area contributed by atoms with Crippen LogP contribution in [0.2, 0.25) is 0 Å². The van der Waals surface area contributed by atoms with E-state index < -0.39 is 0 Å². The van der Waals surface area contributed by atoms with E-state index in [4.69, 9.17) is 0 Å². The Balaban J connectivity index is 2.07. The SMILES string of the molecule is CC1=NCC(=O)N(Cc2ccc(C)cc2C)c2sc(C)c(C)c21. The number of hydrogen-bond acceptors (Lipinski definition) is 3. The molecule has 3 nitrogen and oxygen atoms in total. The van der Waals surface area contributed by atoms with E-state index in [-0.39, 0.29) is 12.5 Å². The van der Waals surface area contributed by atoms with Crippen LogP contribution in [0.25, 0.3) is 0 Å². The van der Waals surface area contributed by atoms with E-state index in [1.165, 1.54) is 27.1 Å². The van der Waals surface area contributed by atoms with Crippen LogP contribution in [0.4, 0.5) is 5.00 Å². The summed E-state index contributed by atoms with van der Waals surface area (Å²) in [6.45, 7) is 11.3. The minimum atomic E-state index is 0.0734. The highest BCUT2D eigenvalue weighted by molar-refractivity contribution is 7.17. The molecule has 1 amide bonds. The van der Waals surface area contributed by atoms with Gasteiger partial charge in [-0.15, -0.1) is 11.3 Å². The molecule has 1 aromatic heterocycles. The zero-order chi connectivity index (χ0) is 16.7. The molecule has 0 fully saturated rings. The average molecular weight is 326 g/mol. The van der Waals surface area contributed by atoms with Gasteiger partial charge >= 0.3 is 0 Å². The summed E-state index contributed by atoms with van der Waals surface area (Å²) in [5.74, 6) is 0.0734. The summed E-state index contributed by atoms with van der Waals surface area (Å²) in [6.07, 6.45) is 0. The van der Waals surface area contributed by atoms with E-state index in [0.717, 1.165) is 16.3 Å². The lowest BCUT2D eigenvalue weighted by Gasteiger charge is -2.22. The minimum Gasteiger partial charge on any atom is -0.297 e. The molecule has 0 bridgehead atoms. The van der Waals surface area contributed by atoms with Crippen molar-refractivity contribution in [3.8, 4) is 0 Å². The topological polar surface area (TPSA) is 32.7 Å². The van der Waals surface area contributed by atoms with Crippen LogP contribution in [-0.2, 0) is 11.3 Å². The van der Waals surface area contributed by atoms with Gasteiger partial charge in [-0.25, -0.2) is 0 Å². The molecule has 0 aliphatic carbocycles. The zero-order valence-corrected chi connectivity index (χ0v) is 15.2. The molecular weight excluding hydrogens is 304 g/mol. The molecule has 0 atom stereocenters. The quantitative estimate of drug-likeness (QED) is 0.808. The third kappa shape index (κ3) is 2.83. The van der Waals surface area contributed by atoms with E-state index in [2.05, 4.69) is 50.9 Å². The van der Waals surface area contributed by atoms with Crippen LogP contribution >= 0.6 is 11.3 Å². The highest BCUT2D eigenvalue weighted by Crippen LogP contribution is 2.38. The molecule has 4 heteroatoms. The molecule has 0 saturated carbocycles. The number of anilines is 1. The fraction of sp³-hybridized carbons (Fsp3) is 0.368. The van der Waals surface area contributed by atoms with Gasteiger partial charge in [0.1, 0.15) is 11.5 Å². The number of carbonyl (C=O) groups is 1. The summed E-state index contributed by atoms with van der Waals surface area (Å²) >= 11 is 1.70. The largest absolute Gasteiger partial charge is 0.297 e. The van der Waals surface area contributed by atoms with Crippen molar-refractivity contribution in [2.75, 3.05) is 11.4 Å². The molecule has 0 N–H and O–H groups in total. The highest BCUT2D eigenvalue weighted by Gasteiger charge is 2.27. The second-order valence-corrected chi connectivity index (χ2v) is 7.48. The first-order chi connectivity index (χ1) is 10.9. The van der Waals surface area contributed by atoms with Crippen molar-refractivity contribution < 1.29 is 4.79 Å². The van der Waals surface area contributed by atoms with Gasteiger partial charge in [-0.2, -0.15) is 0 Å². The zero-order valence-electron chi connectivity index (χ0n) is 14.4. The van der Waals surface area contributed by atoms with Crippen LogP contribution in [-0.4, -0.2) is 18.2 Å². The van der Waals surface area contributed by atoms with E-state index in [1.807, 2.05) is 11.8 Å². The molecule has 0 radical (unpaired) electrons. The summed E-state index contributed by atoms with van der Waals surface area (Å²) in [6, 6.07) is 6.41. The van der Waals surface area contributed by atoms with Crippen LogP contribution in [0.1, 0.15) is 39.6 Å². The van der Waals surface area contributed by atoms with E-state index in [0.29, 0.717) is 6.54 Å². The second-order valence-electron chi connectivity index (χ2n) is 6.27. The Morgan fingerprint density at radius 1 is 1.17 bits per heavy atom. The summed E-state index contributed by atoms with van der Waals surface area (Å²) < 4.78 is 0. The van der Waals surface area contributed by atoms with Gasteiger partial charge in [0.2, 0.25) is 5.91 Å². The molecule has 1 aliphatic rings.